The van der Waals surface area contributed by atoms with E-state index in [0.717, 1.165) is 23.5 Å². The molecule has 4 nitrogen and oxygen atoms in total. The third-order valence-electron chi connectivity index (χ3n) is 2.00. The van der Waals surface area contributed by atoms with Gasteiger partial charge in [0.25, 0.3) is 5.91 Å². The Morgan fingerprint density at radius 2 is 2.00 bits per heavy atom. The van der Waals surface area contributed by atoms with Gasteiger partial charge in [-0.05, 0) is 19.1 Å². The number of carbonyl (C=O) groups is 1. The van der Waals surface area contributed by atoms with Crippen LogP contribution in [0.25, 0.3) is 0 Å². The lowest BCUT2D eigenvalue weighted by atomic mass is 10.2. The maximum absolute atomic E-state index is 13.0. The normalized spacial score (nSPS) is 10.4. The highest BCUT2D eigenvalue weighted by molar-refractivity contribution is 7.15. The lowest BCUT2D eigenvalue weighted by Crippen LogP contribution is -2.13. The number of anilines is 1. The first-order valence-corrected chi connectivity index (χ1v) is 5.93. The van der Waals surface area contributed by atoms with Crippen molar-refractivity contribution in [2.75, 3.05) is 5.32 Å². The van der Waals surface area contributed by atoms with E-state index in [0.29, 0.717) is 5.01 Å². The van der Waals surface area contributed by atoms with Crippen molar-refractivity contribution >= 4 is 34.0 Å². The van der Waals surface area contributed by atoms with Crippen LogP contribution in [0.15, 0.2) is 12.1 Å². The van der Waals surface area contributed by atoms with E-state index >= 15 is 0 Å². The van der Waals surface area contributed by atoms with Crippen molar-refractivity contribution in [1.29, 1.82) is 0 Å². The van der Waals surface area contributed by atoms with Gasteiger partial charge in [0, 0.05) is 0 Å². The number of aryl methyl sites for hydroxylation is 1. The van der Waals surface area contributed by atoms with Crippen LogP contribution in [0, 0.1) is 18.6 Å². The molecular formula is C10H6ClF2N3OS. The number of halogens is 3. The highest BCUT2D eigenvalue weighted by Gasteiger charge is 2.16. The number of benzene rings is 1. The van der Waals surface area contributed by atoms with E-state index < -0.39 is 17.5 Å². The molecule has 94 valence electrons. The van der Waals surface area contributed by atoms with Crippen molar-refractivity contribution in [2.45, 2.75) is 6.92 Å². The van der Waals surface area contributed by atoms with Gasteiger partial charge < -0.3 is 0 Å². The predicted molar refractivity (Wildman–Crippen MR) is 64.0 cm³/mol. The monoisotopic (exact) mass is 289 g/mol. The number of nitrogens with one attached hydrogen (secondary N) is 1. The van der Waals surface area contributed by atoms with E-state index in [-0.39, 0.29) is 15.7 Å². The Hall–Kier alpha value is -1.60. The minimum atomic E-state index is -1.14. The maximum atomic E-state index is 13.0. The first-order chi connectivity index (χ1) is 8.47. The van der Waals surface area contributed by atoms with E-state index in [1.807, 2.05) is 0 Å². The number of aromatic nitrogens is 2. The average molecular weight is 290 g/mol. The summed E-state index contributed by atoms with van der Waals surface area (Å²) in [6.07, 6.45) is 0. The highest BCUT2D eigenvalue weighted by Crippen LogP contribution is 2.22. The predicted octanol–water partition coefficient (Wildman–Crippen LogP) is 3.03. The summed E-state index contributed by atoms with van der Waals surface area (Å²) in [6, 6.07) is 1.48. The van der Waals surface area contributed by atoms with Crippen LogP contribution in [0.5, 0.6) is 0 Å². The second kappa shape index (κ2) is 4.95. The molecule has 0 atom stereocenters. The summed E-state index contributed by atoms with van der Waals surface area (Å²) in [7, 11) is 0. The van der Waals surface area contributed by atoms with Gasteiger partial charge in [-0.25, -0.2) is 8.78 Å². The number of hydrogen-bond acceptors (Lipinski definition) is 4. The molecule has 1 aromatic carbocycles. The van der Waals surface area contributed by atoms with Gasteiger partial charge in [0.2, 0.25) is 5.13 Å². The number of rotatable bonds is 2. The summed E-state index contributed by atoms with van der Waals surface area (Å²) in [5, 5.41) is 10.5. The standard InChI is InChI=1S/C10H6ClF2N3OS/c1-4-15-16-10(18-4)14-9(17)5-2-7(12)8(13)3-6(5)11/h2-3H,1H3,(H,14,16,17). The van der Waals surface area contributed by atoms with Gasteiger partial charge in [-0.2, -0.15) is 0 Å². The molecule has 0 bridgehead atoms. The zero-order valence-corrected chi connectivity index (χ0v) is 10.6. The van der Waals surface area contributed by atoms with Gasteiger partial charge in [-0.3, -0.25) is 10.1 Å². The van der Waals surface area contributed by atoms with Gasteiger partial charge in [0.1, 0.15) is 5.01 Å². The van der Waals surface area contributed by atoms with Crippen LogP contribution in [-0.4, -0.2) is 16.1 Å². The molecule has 1 N–H and O–H groups in total. The lowest BCUT2D eigenvalue weighted by molar-refractivity contribution is 0.102. The molecule has 18 heavy (non-hydrogen) atoms. The summed E-state index contributed by atoms with van der Waals surface area (Å²) in [6.45, 7) is 1.72. The molecule has 1 amide bonds. The number of amides is 1. The van der Waals surface area contributed by atoms with Gasteiger partial charge in [0.15, 0.2) is 11.6 Å². The Morgan fingerprint density at radius 3 is 2.61 bits per heavy atom. The molecule has 2 rings (SSSR count). The molecule has 0 spiro atoms. The van der Waals surface area contributed by atoms with Crippen molar-refractivity contribution in [1.82, 2.24) is 10.2 Å². The lowest BCUT2D eigenvalue weighted by Gasteiger charge is -2.04. The molecule has 0 aliphatic rings. The maximum Gasteiger partial charge on any atom is 0.259 e. The van der Waals surface area contributed by atoms with Crippen molar-refractivity contribution in [2.24, 2.45) is 0 Å². The summed E-state index contributed by atoms with van der Waals surface area (Å²) in [5.74, 6) is -2.92. The minimum absolute atomic E-state index is 0.164. The Bertz CT molecular complexity index is 617. The van der Waals surface area contributed by atoms with E-state index in [2.05, 4.69) is 15.5 Å². The fourth-order valence-corrected chi connectivity index (χ4v) is 2.03. The molecule has 0 unspecified atom stereocenters. The smallest absolute Gasteiger partial charge is 0.259 e. The second-order valence-electron chi connectivity index (χ2n) is 3.33. The molecule has 0 aliphatic heterocycles. The summed E-state index contributed by atoms with van der Waals surface area (Å²) in [5.41, 5.74) is -0.164. The molecule has 8 heteroatoms. The van der Waals surface area contributed by atoms with E-state index in [1.165, 1.54) is 0 Å². The summed E-state index contributed by atoms with van der Waals surface area (Å²) >= 11 is 6.83. The molecule has 0 aliphatic carbocycles. The van der Waals surface area contributed by atoms with Crippen molar-refractivity contribution in [3.05, 3.63) is 39.4 Å². The Balaban J connectivity index is 2.26. The largest absolute Gasteiger partial charge is 0.296 e. The van der Waals surface area contributed by atoms with E-state index in [1.54, 1.807) is 6.92 Å². The van der Waals surface area contributed by atoms with Gasteiger partial charge >= 0.3 is 0 Å². The fourth-order valence-electron chi connectivity index (χ4n) is 1.21. The molecule has 1 aromatic heterocycles. The average Bonchev–Trinajstić information content (AvgIpc) is 2.69. The third-order valence-corrected chi connectivity index (χ3v) is 3.07. The molecular weight excluding hydrogens is 284 g/mol. The molecule has 1 heterocycles. The summed E-state index contributed by atoms with van der Waals surface area (Å²) in [4.78, 5) is 11.8. The molecule has 0 saturated carbocycles. The number of hydrogen-bond donors (Lipinski definition) is 1. The third kappa shape index (κ3) is 2.62. The Morgan fingerprint density at radius 1 is 1.33 bits per heavy atom. The van der Waals surface area contributed by atoms with Crippen molar-refractivity contribution in [3.8, 4) is 0 Å². The van der Waals surface area contributed by atoms with Gasteiger partial charge in [-0.15, -0.1) is 10.2 Å². The van der Waals surface area contributed by atoms with Gasteiger partial charge in [0.05, 0.1) is 10.6 Å². The van der Waals surface area contributed by atoms with Crippen LogP contribution >= 0.6 is 22.9 Å². The van der Waals surface area contributed by atoms with Crippen LogP contribution in [0.1, 0.15) is 15.4 Å². The summed E-state index contributed by atoms with van der Waals surface area (Å²) < 4.78 is 25.9. The minimum Gasteiger partial charge on any atom is -0.296 e. The zero-order valence-electron chi connectivity index (χ0n) is 9.00. The Kier molecular flexibility index (Phi) is 3.53. The van der Waals surface area contributed by atoms with Crippen LogP contribution in [0.3, 0.4) is 0 Å². The fraction of sp³-hybridized carbons (Fsp3) is 0.100. The van der Waals surface area contributed by atoms with Crippen LogP contribution < -0.4 is 5.32 Å². The number of carbonyl (C=O) groups excluding carboxylic acids is 1. The van der Waals surface area contributed by atoms with Crippen LogP contribution in [-0.2, 0) is 0 Å². The SMILES string of the molecule is Cc1nnc(NC(=O)c2cc(F)c(F)cc2Cl)s1. The highest BCUT2D eigenvalue weighted by atomic mass is 35.5. The Labute approximate surface area is 110 Å². The molecule has 0 saturated heterocycles. The first-order valence-electron chi connectivity index (χ1n) is 4.73. The van der Waals surface area contributed by atoms with Gasteiger partial charge in [-0.1, -0.05) is 22.9 Å². The zero-order chi connectivity index (χ0) is 13.3. The first kappa shape index (κ1) is 12.8. The molecule has 0 fully saturated rings. The second-order valence-corrected chi connectivity index (χ2v) is 4.92. The molecule has 2 aromatic rings. The quantitative estimate of drug-likeness (QED) is 0.865. The van der Waals surface area contributed by atoms with Crippen LogP contribution in [0.4, 0.5) is 13.9 Å². The van der Waals surface area contributed by atoms with E-state index in [9.17, 15) is 13.6 Å². The van der Waals surface area contributed by atoms with E-state index in [4.69, 9.17) is 11.6 Å². The van der Waals surface area contributed by atoms with Crippen molar-refractivity contribution < 1.29 is 13.6 Å². The van der Waals surface area contributed by atoms with Crippen molar-refractivity contribution in [3.63, 3.8) is 0 Å². The van der Waals surface area contributed by atoms with Crippen LogP contribution in [0.2, 0.25) is 5.02 Å². The topological polar surface area (TPSA) is 54.9 Å². The molecule has 0 radical (unpaired) electrons. The number of nitrogens with zero attached hydrogens (tertiary/aromatic N) is 2.